The summed E-state index contributed by atoms with van der Waals surface area (Å²) in [5.74, 6) is 0.851. The molecule has 0 aromatic rings. The maximum absolute atomic E-state index is 9.24. The molecule has 0 aliphatic carbocycles. The monoisotopic (exact) mass is 143 g/mol. The van der Waals surface area contributed by atoms with Crippen LogP contribution in [0.3, 0.4) is 0 Å². The Morgan fingerprint density at radius 2 is 2.20 bits per heavy atom. The number of hydrogen-bond acceptors (Lipinski definition) is 2. The summed E-state index contributed by atoms with van der Waals surface area (Å²) in [7, 11) is 0. The van der Waals surface area contributed by atoms with Gasteiger partial charge in [0.05, 0.1) is 6.10 Å². The van der Waals surface area contributed by atoms with E-state index in [1.165, 1.54) is 13.1 Å². The Morgan fingerprint density at radius 3 is 2.60 bits per heavy atom. The zero-order valence-corrected chi connectivity index (χ0v) is 6.88. The van der Waals surface area contributed by atoms with Crippen LogP contribution < -0.4 is 0 Å². The molecule has 1 saturated heterocycles. The number of aliphatic hydroxyl groups is 1. The van der Waals surface area contributed by atoms with Gasteiger partial charge in [0.1, 0.15) is 0 Å². The fourth-order valence-corrected chi connectivity index (χ4v) is 1.40. The van der Waals surface area contributed by atoms with E-state index in [1.807, 2.05) is 6.92 Å². The second-order valence-electron chi connectivity index (χ2n) is 3.39. The van der Waals surface area contributed by atoms with E-state index >= 15 is 0 Å². The molecule has 1 fully saturated rings. The molecule has 0 amide bonds. The predicted octanol–water partition coefficient (Wildman–Crippen LogP) is 0.709. The van der Waals surface area contributed by atoms with Crippen molar-refractivity contribution in [3.63, 3.8) is 0 Å². The van der Waals surface area contributed by atoms with Crippen molar-refractivity contribution in [2.45, 2.75) is 26.4 Å². The average molecular weight is 143 g/mol. The van der Waals surface area contributed by atoms with E-state index in [2.05, 4.69) is 11.8 Å². The van der Waals surface area contributed by atoms with Gasteiger partial charge in [-0.2, -0.15) is 0 Å². The zero-order chi connectivity index (χ0) is 7.56. The van der Waals surface area contributed by atoms with Crippen LogP contribution in [-0.4, -0.2) is 35.7 Å². The van der Waals surface area contributed by atoms with Crippen molar-refractivity contribution in [2.75, 3.05) is 19.6 Å². The molecule has 60 valence electrons. The van der Waals surface area contributed by atoms with E-state index in [0.29, 0.717) is 0 Å². The lowest BCUT2D eigenvalue weighted by Gasteiger charge is -2.38. The summed E-state index contributed by atoms with van der Waals surface area (Å²) in [5.41, 5.74) is 0. The second-order valence-corrected chi connectivity index (χ2v) is 3.39. The van der Waals surface area contributed by atoms with Crippen molar-refractivity contribution in [3.05, 3.63) is 0 Å². The van der Waals surface area contributed by atoms with Crippen molar-refractivity contribution >= 4 is 0 Å². The van der Waals surface area contributed by atoms with Gasteiger partial charge in [-0.1, -0.05) is 13.8 Å². The molecular weight excluding hydrogens is 126 g/mol. The summed E-state index contributed by atoms with van der Waals surface area (Å²) in [6.07, 6.45) is 0.776. The summed E-state index contributed by atoms with van der Waals surface area (Å²) < 4.78 is 0. The molecule has 1 aliphatic rings. The SMILES string of the molecule is CCC(O)CN1CC(C)C1. The van der Waals surface area contributed by atoms with Gasteiger partial charge >= 0.3 is 0 Å². The molecule has 0 aromatic carbocycles. The van der Waals surface area contributed by atoms with E-state index in [1.54, 1.807) is 0 Å². The molecule has 10 heavy (non-hydrogen) atoms. The number of hydrogen-bond donors (Lipinski definition) is 1. The molecule has 0 saturated carbocycles. The Kier molecular flexibility index (Phi) is 2.69. The third-order valence-electron chi connectivity index (χ3n) is 2.08. The predicted molar refractivity (Wildman–Crippen MR) is 41.9 cm³/mol. The van der Waals surface area contributed by atoms with Gasteiger partial charge < -0.3 is 10.0 Å². The van der Waals surface area contributed by atoms with Crippen LogP contribution in [0.1, 0.15) is 20.3 Å². The molecule has 2 heteroatoms. The molecule has 0 radical (unpaired) electrons. The third kappa shape index (κ3) is 1.96. The highest BCUT2D eigenvalue weighted by atomic mass is 16.3. The molecule has 1 unspecified atom stereocenters. The van der Waals surface area contributed by atoms with Crippen molar-refractivity contribution < 1.29 is 5.11 Å². The van der Waals surface area contributed by atoms with E-state index in [-0.39, 0.29) is 6.10 Å². The highest BCUT2D eigenvalue weighted by Gasteiger charge is 2.23. The normalized spacial score (nSPS) is 24.3. The lowest BCUT2D eigenvalue weighted by Crippen LogP contribution is -2.48. The van der Waals surface area contributed by atoms with E-state index in [4.69, 9.17) is 0 Å². The van der Waals surface area contributed by atoms with Gasteiger partial charge in [0.2, 0.25) is 0 Å². The minimum atomic E-state index is -0.104. The summed E-state index contributed by atoms with van der Waals surface area (Å²) in [5, 5.41) is 9.24. The quantitative estimate of drug-likeness (QED) is 0.629. The molecule has 1 atom stereocenters. The number of nitrogens with zero attached hydrogens (tertiary/aromatic N) is 1. The Balaban J connectivity index is 2.04. The van der Waals surface area contributed by atoms with Crippen LogP contribution in [0.2, 0.25) is 0 Å². The van der Waals surface area contributed by atoms with Crippen LogP contribution in [0.25, 0.3) is 0 Å². The Labute approximate surface area is 62.8 Å². The summed E-state index contributed by atoms with van der Waals surface area (Å²) in [6.45, 7) is 7.50. The number of likely N-dealkylation sites (tertiary alicyclic amines) is 1. The van der Waals surface area contributed by atoms with E-state index in [0.717, 1.165) is 18.9 Å². The Hall–Kier alpha value is -0.0800. The van der Waals surface area contributed by atoms with Gasteiger partial charge in [0, 0.05) is 19.6 Å². The molecule has 0 aromatic heterocycles. The largest absolute Gasteiger partial charge is 0.392 e. The van der Waals surface area contributed by atoms with Gasteiger partial charge in [-0.05, 0) is 12.3 Å². The number of β-amino-alcohol motifs (C(OH)–C–C–N with tert-alkyl or cyclic N) is 1. The maximum atomic E-state index is 9.24. The fraction of sp³-hybridized carbons (Fsp3) is 1.00. The first kappa shape index (κ1) is 8.02. The summed E-state index contributed by atoms with van der Waals surface area (Å²) >= 11 is 0. The van der Waals surface area contributed by atoms with Gasteiger partial charge in [0.25, 0.3) is 0 Å². The first-order valence-electron chi connectivity index (χ1n) is 4.12. The van der Waals surface area contributed by atoms with E-state index < -0.39 is 0 Å². The van der Waals surface area contributed by atoms with Crippen LogP contribution in [0, 0.1) is 5.92 Å². The molecule has 1 N–H and O–H groups in total. The second kappa shape index (κ2) is 3.35. The minimum absolute atomic E-state index is 0.104. The van der Waals surface area contributed by atoms with Crippen molar-refractivity contribution in [1.82, 2.24) is 4.90 Å². The lowest BCUT2D eigenvalue weighted by atomic mass is 10.0. The van der Waals surface area contributed by atoms with Crippen LogP contribution >= 0.6 is 0 Å². The highest BCUT2D eigenvalue weighted by molar-refractivity contribution is 4.77. The van der Waals surface area contributed by atoms with Crippen molar-refractivity contribution in [3.8, 4) is 0 Å². The van der Waals surface area contributed by atoms with Gasteiger partial charge in [0.15, 0.2) is 0 Å². The van der Waals surface area contributed by atoms with Gasteiger partial charge in [-0.15, -0.1) is 0 Å². The third-order valence-corrected chi connectivity index (χ3v) is 2.08. The fourth-order valence-electron chi connectivity index (χ4n) is 1.40. The first-order chi connectivity index (χ1) is 4.72. The molecule has 0 bridgehead atoms. The van der Waals surface area contributed by atoms with Gasteiger partial charge in [-0.25, -0.2) is 0 Å². The summed E-state index contributed by atoms with van der Waals surface area (Å²) in [6, 6.07) is 0. The molecular formula is C8H17NO. The van der Waals surface area contributed by atoms with Crippen molar-refractivity contribution in [1.29, 1.82) is 0 Å². The molecule has 2 nitrogen and oxygen atoms in total. The van der Waals surface area contributed by atoms with Crippen LogP contribution in [0.5, 0.6) is 0 Å². The molecule has 0 spiro atoms. The van der Waals surface area contributed by atoms with E-state index in [9.17, 15) is 5.11 Å². The average Bonchev–Trinajstić information content (AvgIpc) is 1.84. The van der Waals surface area contributed by atoms with Crippen LogP contribution in [0.4, 0.5) is 0 Å². The smallest absolute Gasteiger partial charge is 0.0664 e. The lowest BCUT2D eigenvalue weighted by molar-refractivity contribution is 0.0455. The summed E-state index contributed by atoms with van der Waals surface area (Å²) in [4.78, 5) is 2.30. The highest BCUT2D eigenvalue weighted by Crippen LogP contribution is 2.14. The van der Waals surface area contributed by atoms with Crippen LogP contribution in [0.15, 0.2) is 0 Å². The topological polar surface area (TPSA) is 23.5 Å². The molecule has 1 heterocycles. The van der Waals surface area contributed by atoms with Crippen molar-refractivity contribution in [2.24, 2.45) is 5.92 Å². The first-order valence-corrected chi connectivity index (χ1v) is 4.12. The maximum Gasteiger partial charge on any atom is 0.0664 e. The number of rotatable bonds is 3. The zero-order valence-electron chi connectivity index (χ0n) is 6.88. The van der Waals surface area contributed by atoms with Crippen LogP contribution in [-0.2, 0) is 0 Å². The Morgan fingerprint density at radius 1 is 1.60 bits per heavy atom. The molecule has 1 aliphatic heterocycles. The number of aliphatic hydroxyl groups excluding tert-OH is 1. The molecule has 1 rings (SSSR count). The standard InChI is InChI=1S/C8H17NO/c1-3-8(10)6-9-4-7(2)5-9/h7-8,10H,3-6H2,1-2H3. The Bertz CT molecular complexity index is 99.4. The minimum Gasteiger partial charge on any atom is -0.392 e. The van der Waals surface area contributed by atoms with Gasteiger partial charge in [-0.3, -0.25) is 0 Å².